The van der Waals surface area contributed by atoms with E-state index in [0.717, 1.165) is 29.8 Å². The molecule has 0 unspecified atom stereocenters. The van der Waals surface area contributed by atoms with Gasteiger partial charge in [-0.05, 0) is 38.1 Å². The molecule has 0 aliphatic carbocycles. The van der Waals surface area contributed by atoms with Crippen LogP contribution in [-0.2, 0) is 0 Å². The summed E-state index contributed by atoms with van der Waals surface area (Å²) in [5.41, 5.74) is 1.09. The second-order valence-corrected chi connectivity index (χ2v) is 4.89. The van der Waals surface area contributed by atoms with Crippen molar-refractivity contribution in [1.29, 1.82) is 0 Å². The van der Waals surface area contributed by atoms with Gasteiger partial charge in [0.25, 0.3) is 0 Å². The van der Waals surface area contributed by atoms with Gasteiger partial charge in [0.2, 0.25) is 0 Å². The number of rotatable bonds is 4. The van der Waals surface area contributed by atoms with Gasteiger partial charge in [-0.1, -0.05) is 6.42 Å². The van der Waals surface area contributed by atoms with E-state index >= 15 is 0 Å². The van der Waals surface area contributed by atoms with Crippen LogP contribution in [0.1, 0.15) is 19.3 Å². The zero-order valence-electron chi connectivity index (χ0n) is 10.6. The van der Waals surface area contributed by atoms with E-state index in [1.54, 1.807) is 0 Å². The van der Waals surface area contributed by atoms with Crippen LogP contribution in [0.2, 0.25) is 0 Å². The Morgan fingerprint density at radius 1 is 1.22 bits per heavy atom. The van der Waals surface area contributed by atoms with Crippen LogP contribution in [0.5, 0.6) is 5.75 Å². The third-order valence-electron chi connectivity index (χ3n) is 3.57. The molecule has 1 aromatic heterocycles. The van der Waals surface area contributed by atoms with Gasteiger partial charge in [-0.2, -0.15) is 0 Å². The van der Waals surface area contributed by atoms with E-state index in [1.165, 1.54) is 32.4 Å². The smallest absolute Gasteiger partial charge is 0.121 e. The molecule has 0 amide bonds. The summed E-state index contributed by atoms with van der Waals surface area (Å²) in [6, 6.07) is 9.24. The highest BCUT2D eigenvalue weighted by molar-refractivity contribution is 5.79. The summed E-state index contributed by atoms with van der Waals surface area (Å²) < 4.78 is 5.81. The molecule has 0 bridgehead atoms. The molecule has 0 spiro atoms. The molecule has 95 valence electrons. The number of nitrogens with zero attached hydrogens (tertiary/aromatic N) is 1. The second-order valence-electron chi connectivity index (χ2n) is 4.89. The molecule has 0 atom stereocenters. The minimum atomic E-state index is 0.774. The molecule has 18 heavy (non-hydrogen) atoms. The maximum Gasteiger partial charge on any atom is 0.121 e. The van der Waals surface area contributed by atoms with Crippen molar-refractivity contribution in [2.75, 3.05) is 26.2 Å². The van der Waals surface area contributed by atoms with E-state index in [4.69, 9.17) is 4.74 Å². The zero-order chi connectivity index (χ0) is 12.2. The summed E-state index contributed by atoms with van der Waals surface area (Å²) in [7, 11) is 0. The fourth-order valence-corrected chi connectivity index (χ4v) is 2.53. The predicted molar refractivity (Wildman–Crippen MR) is 72.9 cm³/mol. The van der Waals surface area contributed by atoms with Gasteiger partial charge >= 0.3 is 0 Å². The highest BCUT2D eigenvalue weighted by Crippen LogP contribution is 2.19. The maximum atomic E-state index is 5.81. The highest BCUT2D eigenvalue weighted by Gasteiger charge is 2.09. The quantitative estimate of drug-likeness (QED) is 0.894. The van der Waals surface area contributed by atoms with Gasteiger partial charge in [0.05, 0.1) is 0 Å². The number of piperidine rings is 1. The van der Waals surface area contributed by atoms with E-state index in [1.807, 2.05) is 24.4 Å². The fraction of sp³-hybridized carbons (Fsp3) is 0.467. The number of aromatic amines is 1. The SMILES string of the molecule is [c]1c[nH]c2cc(OCCN3CCCCC3)ccc12. The molecule has 3 heteroatoms. The average Bonchev–Trinajstić information content (AvgIpc) is 2.87. The van der Waals surface area contributed by atoms with Crippen molar-refractivity contribution >= 4 is 10.9 Å². The average molecular weight is 243 g/mol. The number of H-pyrrole nitrogens is 1. The van der Waals surface area contributed by atoms with Crippen LogP contribution >= 0.6 is 0 Å². The van der Waals surface area contributed by atoms with Gasteiger partial charge in [0.1, 0.15) is 12.4 Å². The third kappa shape index (κ3) is 2.67. The molecule has 3 rings (SSSR count). The third-order valence-corrected chi connectivity index (χ3v) is 3.57. The Labute approximate surface area is 108 Å². The first-order chi connectivity index (χ1) is 8.92. The number of ether oxygens (including phenoxy) is 1. The van der Waals surface area contributed by atoms with Crippen molar-refractivity contribution in [3.63, 3.8) is 0 Å². The highest BCUT2D eigenvalue weighted by atomic mass is 16.5. The maximum absolute atomic E-state index is 5.81. The lowest BCUT2D eigenvalue weighted by molar-refractivity contribution is 0.183. The standard InChI is InChI=1S/C15H19N2O/c1-2-8-17(9-3-1)10-11-18-14-5-4-13-6-7-16-15(13)12-14/h4-5,7,12,16H,1-3,8-11H2. The van der Waals surface area contributed by atoms with Gasteiger partial charge < -0.3 is 9.72 Å². The Morgan fingerprint density at radius 3 is 3.00 bits per heavy atom. The molecule has 1 saturated heterocycles. The van der Waals surface area contributed by atoms with Crippen LogP contribution in [0, 0.1) is 6.07 Å². The number of fused-ring (bicyclic) bond motifs is 1. The van der Waals surface area contributed by atoms with E-state index in [-0.39, 0.29) is 0 Å². The molecule has 1 radical (unpaired) electrons. The molecule has 1 fully saturated rings. The molecule has 3 nitrogen and oxygen atoms in total. The van der Waals surface area contributed by atoms with Gasteiger partial charge in [0, 0.05) is 35.8 Å². The van der Waals surface area contributed by atoms with Crippen molar-refractivity contribution in [2.45, 2.75) is 19.3 Å². The number of hydrogen-bond acceptors (Lipinski definition) is 2. The van der Waals surface area contributed by atoms with E-state index < -0.39 is 0 Å². The van der Waals surface area contributed by atoms with Crippen LogP contribution in [0.3, 0.4) is 0 Å². The molecular formula is C15H19N2O. The lowest BCUT2D eigenvalue weighted by Gasteiger charge is -2.26. The topological polar surface area (TPSA) is 28.3 Å². The first-order valence-corrected chi connectivity index (χ1v) is 6.76. The van der Waals surface area contributed by atoms with Crippen LogP contribution in [-0.4, -0.2) is 36.1 Å². The lowest BCUT2D eigenvalue weighted by atomic mass is 10.1. The molecule has 0 saturated carbocycles. The zero-order valence-corrected chi connectivity index (χ0v) is 10.6. The number of hydrogen-bond donors (Lipinski definition) is 1. The monoisotopic (exact) mass is 243 g/mol. The summed E-state index contributed by atoms with van der Waals surface area (Å²) in [5, 5.41) is 1.11. The van der Waals surface area contributed by atoms with Crippen molar-refractivity contribution < 1.29 is 4.74 Å². The van der Waals surface area contributed by atoms with Gasteiger partial charge in [0.15, 0.2) is 0 Å². The molecule has 1 N–H and O–H groups in total. The summed E-state index contributed by atoms with van der Waals surface area (Å²) in [6.45, 7) is 4.27. The number of aromatic nitrogens is 1. The first-order valence-electron chi connectivity index (χ1n) is 6.76. The van der Waals surface area contributed by atoms with E-state index in [0.29, 0.717) is 0 Å². The van der Waals surface area contributed by atoms with Gasteiger partial charge in [-0.25, -0.2) is 0 Å². The lowest BCUT2D eigenvalue weighted by Crippen LogP contribution is -2.33. The minimum absolute atomic E-state index is 0.774. The molecule has 1 aromatic carbocycles. The van der Waals surface area contributed by atoms with Crippen molar-refractivity contribution in [1.82, 2.24) is 9.88 Å². The second kappa shape index (κ2) is 5.44. The number of benzene rings is 1. The van der Waals surface area contributed by atoms with Crippen LogP contribution < -0.4 is 4.74 Å². The Balaban J connectivity index is 1.52. The molecule has 2 aromatic rings. The summed E-state index contributed by atoms with van der Waals surface area (Å²) in [5.74, 6) is 0.940. The van der Waals surface area contributed by atoms with Gasteiger partial charge in [-0.3, -0.25) is 4.90 Å². The van der Waals surface area contributed by atoms with E-state index in [9.17, 15) is 0 Å². The largest absolute Gasteiger partial charge is 0.492 e. The Bertz CT molecular complexity index is 500. The van der Waals surface area contributed by atoms with Crippen molar-refractivity contribution in [3.05, 3.63) is 30.5 Å². The van der Waals surface area contributed by atoms with Crippen molar-refractivity contribution in [3.8, 4) is 5.75 Å². The Kier molecular flexibility index (Phi) is 3.51. The van der Waals surface area contributed by atoms with Crippen LogP contribution in [0.25, 0.3) is 10.9 Å². The van der Waals surface area contributed by atoms with Crippen LogP contribution in [0.15, 0.2) is 24.4 Å². The molecule has 1 aliphatic rings. The number of nitrogens with one attached hydrogen (secondary N) is 1. The molecule has 2 heterocycles. The van der Waals surface area contributed by atoms with Crippen LogP contribution in [0.4, 0.5) is 0 Å². The first kappa shape index (κ1) is 11.6. The van der Waals surface area contributed by atoms with Gasteiger partial charge in [-0.15, -0.1) is 0 Å². The number of likely N-dealkylation sites (tertiary alicyclic amines) is 1. The molecule has 1 aliphatic heterocycles. The predicted octanol–water partition coefficient (Wildman–Crippen LogP) is 2.83. The summed E-state index contributed by atoms with van der Waals surface area (Å²) in [4.78, 5) is 5.64. The fourth-order valence-electron chi connectivity index (χ4n) is 2.53. The Hall–Kier alpha value is -1.48. The van der Waals surface area contributed by atoms with E-state index in [2.05, 4.69) is 16.0 Å². The minimum Gasteiger partial charge on any atom is -0.492 e. The summed E-state index contributed by atoms with van der Waals surface area (Å²) >= 11 is 0. The Morgan fingerprint density at radius 2 is 2.11 bits per heavy atom. The normalized spacial score (nSPS) is 17.1. The van der Waals surface area contributed by atoms with Crippen molar-refractivity contribution in [2.24, 2.45) is 0 Å². The molecular weight excluding hydrogens is 224 g/mol. The summed E-state index contributed by atoms with van der Waals surface area (Å²) in [6.07, 6.45) is 5.90.